The normalized spacial score (nSPS) is 11.6. The minimum absolute atomic E-state index is 0.0604. The molecule has 0 saturated heterocycles. The number of halogens is 1. The smallest absolute Gasteiger partial charge is 0.241 e. The van der Waals surface area contributed by atoms with Gasteiger partial charge < -0.3 is 0 Å². The molecule has 0 bridgehead atoms. The van der Waals surface area contributed by atoms with Gasteiger partial charge in [0.05, 0.1) is 11.1 Å². The Hall–Kier alpha value is -2.58. The maximum absolute atomic E-state index is 13.2. The molecular formula is C17H17FN4O2S. The van der Waals surface area contributed by atoms with Gasteiger partial charge in [0.15, 0.2) is 0 Å². The summed E-state index contributed by atoms with van der Waals surface area (Å²) < 4.78 is 42.2. The maximum Gasteiger partial charge on any atom is 0.241 e. The van der Waals surface area contributed by atoms with Gasteiger partial charge in [-0.15, -0.1) is 0 Å². The molecule has 130 valence electrons. The lowest BCUT2D eigenvalue weighted by molar-refractivity contribution is 0.579. The van der Waals surface area contributed by atoms with Gasteiger partial charge in [0.1, 0.15) is 5.82 Å². The number of nitrogens with one attached hydrogen (secondary N) is 1. The summed E-state index contributed by atoms with van der Waals surface area (Å²) >= 11 is 0. The molecule has 0 aliphatic rings. The SMILES string of the molecule is Cc1cc(F)ccc1S(=O)(=O)NCc1cncc(-c2cnn(C)c2)c1. The third-order valence-corrected chi connectivity index (χ3v) is 5.29. The molecule has 25 heavy (non-hydrogen) atoms. The van der Waals surface area contributed by atoms with E-state index in [0.29, 0.717) is 11.1 Å². The number of aromatic nitrogens is 3. The summed E-state index contributed by atoms with van der Waals surface area (Å²) in [6.07, 6.45) is 6.86. The van der Waals surface area contributed by atoms with Gasteiger partial charge in [0, 0.05) is 43.3 Å². The number of hydrogen-bond acceptors (Lipinski definition) is 4. The average Bonchev–Trinajstić information content (AvgIpc) is 2.99. The Morgan fingerprint density at radius 1 is 1.16 bits per heavy atom. The Bertz CT molecular complexity index is 1010. The van der Waals surface area contributed by atoms with Crippen molar-refractivity contribution in [1.29, 1.82) is 0 Å². The number of sulfonamides is 1. The highest BCUT2D eigenvalue weighted by Gasteiger charge is 2.17. The third-order valence-electron chi connectivity index (χ3n) is 3.73. The molecule has 0 saturated carbocycles. The first-order valence-electron chi connectivity index (χ1n) is 7.54. The van der Waals surface area contributed by atoms with E-state index in [0.717, 1.165) is 17.2 Å². The number of benzene rings is 1. The summed E-state index contributed by atoms with van der Waals surface area (Å²) in [6, 6.07) is 5.44. The average molecular weight is 360 g/mol. The maximum atomic E-state index is 13.2. The fourth-order valence-corrected chi connectivity index (χ4v) is 3.73. The summed E-state index contributed by atoms with van der Waals surface area (Å²) in [7, 11) is -1.92. The molecule has 3 aromatic rings. The van der Waals surface area contributed by atoms with Crippen LogP contribution in [-0.2, 0) is 23.6 Å². The van der Waals surface area contributed by atoms with E-state index in [-0.39, 0.29) is 11.4 Å². The second kappa shape index (κ2) is 6.73. The Labute approximate surface area is 145 Å². The van der Waals surface area contributed by atoms with Gasteiger partial charge in [0.25, 0.3) is 0 Å². The molecule has 2 aromatic heterocycles. The first-order chi connectivity index (χ1) is 11.8. The van der Waals surface area contributed by atoms with E-state index in [1.54, 1.807) is 30.2 Å². The minimum atomic E-state index is -3.74. The van der Waals surface area contributed by atoms with Crippen molar-refractivity contribution in [3.05, 3.63) is 66.0 Å². The van der Waals surface area contributed by atoms with Crippen LogP contribution in [0.25, 0.3) is 11.1 Å². The number of nitrogens with zero attached hydrogens (tertiary/aromatic N) is 3. The van der Waals surface area contributed by atoms with Crippen LogP contribution in [0.4, 0.5) is 4.39 Å². The van der Waals surface area contributed by atoms with Gasteiger partial charge in [-0.05, 0) is 42.3 Å². The van der Waals surface area contributed by atoms with Gasteiger partial charge >= 0.3 is 0 Å². The predicted octanol–water partition coefficient (Wildman–Crippen LogP) is 2.41. The lowest BCUT2D eigenvalue weighted by Crippen LogP contribution is -2.24. The molecule has 0 amide bonds. The van der Waals surface area contributed by atoms with Crippen molar-refractivity contribution in [1.82, 2.24) is 19.5 Å². The predicted molar refractivity (Wildman–Crippen MR) is 91.6 cm³/mol. The molecule has 0 aliphatic carbocycles. The van der Waals surface area contributed by atoms with Gasteiger partial charge in [0.2, 0.25) is 10.0 Å². The van der Waals surface area contributed by atoms with E-state index in [2.05, 4.69) is 14.8 Å². The second-order valence-corrected chi connectivity index (χ2v) is 7.45. The van der Waals surface area contributed by atoms with Crippen LogP contribution < -0.4 is 4.72 Å². The van der Waals surface area contributed by atoms with Crippen LogP contribution in [-0.4, -0.2) is 23.2 Å². The van der Waals surface area contributed by atoms with Crippen LogP contribution in [0.15, 0.2) is 53.9 Å². The summed E-state index contributed by atoms with van der Waals surface area (Å²) in [4.78, 5) is 4.21. The van der Waals surface area contributed by atoms with E-state index >= 15 is 0 Å². The fourth-order valence-electron chi connectivity index (χ4n) is 2.48. The number of hydrogen-bond donors (Lipinski definition) is 1. The van der Waals surface area contributed by atoms with Gasteiger partial charge in [-0.1, -0.05) is 0 Å². The molecular weight excluding hydrogens is 343 g/mol. The Morgan fingerprint density at radius 3 is 2.64 bits per heavy atom. The zero-order chi connectivity index (χ0) is 18.0. The summed E-state index contributed by atoms with van der Waals surface area (Å²) in [5, 5.41) is 4.11. The zero-order valence-corrected chi connectivity index (χ0v) is 14.6. The standard InChI is InChI=1S/C17H17FN4O2S/c1-12-5-16(18)3-4-17(12)25(23,24)21-8-13-6-14(9-19-7-13)15-10-20-22(2)11-15/h3-7,9-11,21H,8H2,1-2H3. The quantitative estimate of drug-likeness (QED) is 0.758. The molecule has 1 N–H and O–H groups in total. The highest BCUT2D eigenvalue weighted by atomic mass is 32.2. The first kappa shape index (κ1) is 17.2. The molecule has 2 heterocycles. The van der Waals surface area contributed by atoms with Crippen LogP contribution in [0.3, 0.4) is 0 Å². The summed E-state index contributed by atoms with van der Waals surface area (Å²) in [6.45, 7) is 1.64. The van der Waals surface area contributed by atoms with E-state index in [1.165, 1.54) is 12.1 Å². The lowest BCUT2D eigenvalue weighted by Gasteiger charge is -2.10. The van der Waals surface area contributed by atoms with E-state index in [1.807, 2.05) is 19.3 Å². The van der Waals surface area contributed by atoms with Crippen LogP contribution >= 0.6 is 0 Å². The fraction of sp³-hybridized carbons (Fsp3) is 0.176. The Morgan fingerprint density at radius 2 is 1.96 bits per heavy atom. The molecule has 0 fully saturated rings. The molecule has 0 aliphatic heterocycles. The molecule has 6 nitrogen and oxygen atoms in total. The largest absolute Gasteiger partial charge is 0.275 e. The van der Waals surface area contributed by atoms with Crippen molar-refractivity contribution in [2.24, 2.45) is 7.05 Å². The lowest BCUT2D eigenvalue weighted by atomic mass is 10.1. The molecule has 0 radical (unpaired) electrons. The summed E-state index contributed by atoms with van der Waals surface area (Å²) in [5.74, 6) is -0.468. The van der Waals surface area contributed by atoms with Crippen molar-refractivity contribution >= 4 is 10.0 Å². The molecule has 3 rings (SSSR count). The van der Waals surface area contributed by atoms with Crippen LogP contribution in [0, 0.1) is 12.7 Å². The number of aryl methyl sites for hydroxylation is 2. The molecule has 0 atom stereocenters. The Balaban J connectivity index is 1.79. The van der Waals surface area contributed by atoms with Gasteiger partial charge in [-0.25, -0.2) is 17.5 Å². The Kier molecular flexibility index (Phi) is 4.65. The van der Waals surface area contributed by atoms with E-state index in [9.17, 15) is 12.8 Å². The van der Waals surface area contributed by atoms with Crippen molar-refractivity contribution in [2.75, 3.05) is 0 Å². The highest BCUT2D eigenvalue weighted by Crippen LogP contribution is 2.19. The van der Waals surface area contributed by atoms with Gasteiger partial charge in [-0.3, -0.25) is 9.67 Å². The van der Waals surface area contributed by atoms with Crippen molar-refractivity contribution in [2.45, 2.75) is 18.4 Å². The zero-order valence-electron chi connectivity index (χ0n) is 13.8. The number of rotatable bonds is 5. The third kappa shape index (κ3) is 3.92. The van der Waals surface area contributed by atoms with Crippen LogP contribution in [0.2, 0.25) is 0 Å². The van der Waals surface area contributed by atoms with Crippen LogP contribution in [0.1, 0.15) is 11.1 Å². The number of pyridine rings is 1. The summed E-state index contributed by atoms with van der Waals surface area (Å²) in [5.41, 5.74) is 2.82. The minimum Gasteiger partial charge on any atom is -0.275 e. The molecule has 0 unspecified atom stereocenters. The molecule has 8 heteroatoms. The van der Waals surface area contributed by atoms with Crippen molar-refractivity contribution in [3.63, 3.8) is 0 Å². The highest BCUT2D eigenvalue weighted by molar-refractivity contribution is 7.89. The first-order valence-corrected chi connectivity index (χ1v) is 9.02. The monoisotopic (exact) mass is 360 g/mol. The van der Waals surface area contributed by atoms with Crippen LogP contribution in [0.5, 0.6) is 0 Å². The second-order valence-electron chi connectivity index (χ2n) is 5.72. The topological polar surface area (TPSA) is 76.9 Å². The van der Waals surface area contributed by atoms with E-state index < -0.39 is 15.8 Å². The molecule has 0 spiro atoms. The molecule has 1 aromatic carbocycles. The van der Waals surface area contributed by atoms with Gasteiger partial charge in [-0.2, -0.15) is 5.10 Å². The van der Waals surface area contributed by atoms with Crippen molar-refractivity contribution in [3.8, 4) is 11.1 Å². The van der Waals surface area contributed by atoms with E-state index in [4.69, 9.17) is 0 Å². The van der Waals surface area contributed by atoms with Crippen molar-refractivity contribution < 1.29 is 12.8 Å².